The van der Waals surface area contributed by atoms with Crippen molar-refractivity contribution >= 4 is 34.1 Å². The second kappa shape index (κ2) is 7.06. The highest BCUT2D eigenvalue weighted by Gasteiger charge is 2.28. The Morgan fingerprint density at radius 3 is 2.80 bits per heavy atom. The first-order chi connectivity index (χ1) is 12.0. The van der Waals surface area contributed by atoms with Gasteiger partial charge in [0.15, 0.2) is 5.76 Å². The summed E-state index contributed by atoms with van der Waals surface area (Å²) in [6, 6.07) is 2.34. The van der Waals surface area contributed by atoms with Gasteiger partial charge in [-0.05, 0) is 44.2 Å². The van der Waals surface area contributed by atoms with E-state index in [1.54, 1.807) is 6.92 Å². The summed E-state index contributed by atoms with van der Waals surface area (Å²) in [6.07, 6.45) is 3.64. The third kappa shape index (κ3) is 3.41. The molecular weight excluding hydrogens is 348 g/mol. The van der Waals surface area contributed by atoms with Crippen molar-refractivity contribution in [3.05, 3.63) is 44.0 Å². The third-order valence-electron chi connectivity index (χ3n) is 3.87. The van der Waals surface area contributed by atoms with Crippen LogP contribution in [0, 0.1) is 10.1 Å². The predicted octanol–water partition coefficient (Wildman–Crippen LogP) is 3.56. The molecule has 0 fully saturated rings. The zero-order chi connectivity index (χ0) is 18.0. The number of hydrogen-bond acceptors (Lipinski definition) is 7. The van der Waals surface area contributed by atoms with Crippen molar-refractivity contribution < 1.29 is 23.7 Å². The average molecular weight is 364 g/mol. The van der Waals surface area contributed by atoms with Gasteiger partial charge in [0, 0.05) is 4.88 Å². The molecule has 2 aromatic rings. The van der Waals surface area contributed by atoms with Gasteiger partial charge < -0.3 is 14.5 Å². The SMILES string of the molecule is CCOC(=O)c1c(NC(=O)c2ccc([N+](=O)[O-])o2)sc2c1CCCC2. The Hall–Kier alpha value is -2.68. The largest absolute Gasteiger partial charge is 0.462 e. The Labute approximate surface area is 146 Å². The fraction of sp³-hybridized carbons (Fsp3) is 0.375. The minimum absolute atomic E-state index is 0.187. The summed E-state index contributed by atoms with van der Waals surface area (Å²) in [6.45, 7) is 1.96. The maximum absolute atomic E-state index is 12.3. The van der Waals surface area contributed by atoms with Crippen molar-refractivity contribution in [3.63, 3.8) is 0 Å². The van der Waals surface area contributed by atoms with Crippen LogP contribution in [0.4, 0.5) is 10.9 Å². The summed E-state index contributed by atoms with van der Waals surface area (Å²) >= 11 is 1.34. The van der Waals surface area contributed by atoms with Crippen LogP contribution in [-0.2, 0) is 17.6 Å². The van der Waals surface area contributed by atoms with E-state index in [1.807, 2.05) is 0 Å². The predicted molar refractivity (Wildman–Crippen MR) is 90.2 cm³/mol. The van der Waals surface area contributed by atoms with E-state index in [2.05, 4.69) is 5.32 Å². The molecule has 3 rings (SSSR count). The monoisotopic (exact) mass is 364 g/mol. The number of carbonyl (C=O) groups excluding carboxylic acids is 2. The molecule has 0 atom stereocenters. The number of furan rings is 1. The van der Waals surface area contributed by atoms with Crippen LogP contribution < -0.4 is 5.32 Å². The van der Waals surface area contributed by atoms with Crippen LogP contribution in [-0.4, -0.2) is 23.4 Å². The molecule has 0 saturated heterocycles. The summed E-state index contributed by atoms with van der Waals surface area (Å²) in [5.74, 6) is -1.81. The van der Waals surface area contributed by atoms with Gasteiger partial charge in [-0.25, -0.2) is 4.79 Å². The lowest BCUT2D eigenvalue weighted by atomic mass is 9.95. The molecule has 2 heterocycles. The van der Waals surface area contributed by atoms with Gasteiger partial charge in [0.05, 0.1) is 18.2 Å². The molecule has 0 aliphatic heterocycles. The number of nitrogens with one attached hydrogen (secondary N) is 1. The van der Waals surface area contributed by atoms with Crippen LogP contribution in [0.25, 0.3) is 0 Å². The van der Waals surface area contributed by atoms with Crippen LogP contribution in [0.3, 0.4) is 0 Å². The van der Waals surface area contributed by atoms with Gasteiger partial charge in [-0.1, -0.05) is 0 Å². The molecule has 0 radical (unpaired) electrons. The molecule has 132 valence electrons. The van der Waals surface area contributed by atoms with E-state index in [0.29, 0.717) is 10.6 Å². The van der Waals surface area contributed by atoms with E-state index < -0.39 is 22.7 Å². The Balaban J connectivity index is 1.90. The maximum atomic E-state index is 12.3. The number of fused-ring (bicyclic) bond motifs is 1. The normalized spacial score (nSPS) is 13.2. The molecule has 0 spiro atoms. The van der Waals surface area contributed by atoms with E-state index in [-0.39, 0.29) is 12.4 Å². The van der Waals surface area contributed by atoms with E-state index >= 15 is 0 Å². The molecule has 1 amide bonds. The van der Waals surface area contributed by atoms with Crippen molar-refractivity contribution in [3.8, 4) is 0 Å². The van der Waals surface area contributed by atoms with Crippen molar-refractivity contribution in [2.24, 2.45) is 0 Å². The number of aryl methyl sites for hydroxylation is 1. The third-order valence-corrected chi connectivity index (χ3v) is 5.08. The van der Waals surface area contributed by atoms with Crippen LogP contribution in [0.5, 0.6) is 0 Å². The number of carbonyl (C=O) groups is 2. The number of hydrogen-bond donors (Lipinski definition) is 1. The van der Waals surface area contributed by atoms with Gasteiger partial charge in [-0.3, -0.25) is 14.9 Å². The van der Waals surface area contributed by atoms with Crippen molar-refractivity contribution in [2.75, 3.05) is 11.9 Å². The van der Waals surface area contributed by atoms with Gasteiger partial charge >= 0.3 is 11.9 Å². The lowest BCUT2D eigenvalue weighted by Gasteiger charge is -2.12. The smallest absolute Gasteiger partial charge is 0.433 e. The highest BCUT2D eigenvalue weighted by molar-refractivity contribution is 7.17. The number of ether oxygens (including phenoxy) is 1. The summed E-state index contributed by atoms with van der Waals surface area (Å²) in [5.41, 5.74) is 1.31. The molecule has 0 bridgehead atoms. The molecule has 0 unspecified atom stereocenters. The number of amides is 1. The van der Waals surface area contributed by atoms with E-state index in [4.69, 9.17) is 9.15 Å². The van der Waals surface area contributed by atoms with Crippen LogP contribution in [0.1, 0.15) is 51.1 Å². The first-order valence-electron chi connectivity index (χ1n) is 7.88. The number of anilines is 1. The molecule has 0 saturated carbocycles. The molecular formula is C16H16N2O6S. The molecule has 1 aliphatic carbocycles. The van der Waals surface area contributed by atoms with Crippen molar-refractivity contribution in [2.45, 2.75) is 32.6 Å². The Bertz CT molecular complexity index is 838. The number of nitrogens with zero attached hydrogens (tertiary/aromatic N) is 1. The first kappa shape index (κ1) is 17.2. The highest BCUT2D eigenvalue weighted by atomic mass is 32.1. The lowest BCUT2D eigenvalue weighted by Crippen LogP contribution is -2.15. The zero-order valence-corrected chi connectivity index (χ0v) is 14.3. The second-order valence-electron chi connectivity index (χ2n) is 5.48. The summed E-state index contributed by atoms with van der Waals surface area (Å²) in [7, 11) is 0. The van der Waals surface area contributed by atoms with Crippen molar-refractivity contribution in [1.29, 1.82) is 0 Å². The van der Waals surface area contributed by atoms with Crippen LogP contribution >= 0.6 is 11.3 Å². The minimum Gasteiger partial charge on any atom is -0.462 e. The number of nitro groups is 1. The molecule has 0 aromatic carbocycles. The molecule has 9 heteroatoms. The average Bonchev–Trinajstić information content (AvgIpc) is 3.19. The van der Waals surface area contributed by atoms with Gasteiger partial charge in [0.2, 0.25) is 0 Å². The topological polar surface area (TPSA) is 112 Å². The Morgan fingerprint density at radius 1 is 1.36 bits per heavy atom. The second-order valence-corrected chi connectivity index (χ2v) is 6.59. The van der Waals surface area contributed by atoms with E-state index in [0.717, 1.165) is 42.2 Å². The molecule has 1 N–H and O–H groups in total. The molecule has 2 aromatic heterocycles. The molecule has 25 heavy (non-hydrogen) atoms. The lowest BCUT2D eigenvalue weighted by molar-refractivity contribution is -0.402. The van der Waals surface area contributed by atoms with Gasteiger partial charge in [-0.15, -0.1) is 11.3 Å². The summed E-state index contributed by atoms with van der Waals surface area (Å²) in [5, 5.41) is 13.7. The fourth-order valence-electron chi connectivity index (χ4n) is 2.79. The molecule has 1 aliphatic rings. The van der Waals surface area contributed by atoms with Crippen LogP contribution in [0.2, 0.25) is 0 Å². The highest BCUT2D eigenvalue weighted by Crippen LogP contribution is 2.38. The first-order valence-corrected chi connectivity index (χ1v) is 8.70. The maximum Gasteiger partial charge on any atom is 0.433 e. The summed E-state index contributed by atoms with van der Waals surface area (Å²) < 4.78 is 10.0. The zero-order valence-electron chi connectivity index (χ0n) is 13.5. The number of thiophene rings is 1. The number of rotatable bonds is 5. The minimum atomic E-state index is -0.718. The Morgan fingerprint density at radius 2 is 2.12 bits per heavy atom. The summed E-state index contributed by atoms with van der Waals surface area (Å²) in [4.78, 5) is 35.7. The standard InChI is InChI=1S/C16H16N2O6S/c1-2-23-16(20)13-9-5-3-4-6-11(9)25-15(13)17-14(19)10-7-8-12(24-10)18(21)22/h7-8H,2-6H2,1H3,(H,17,19). The molecule has 8 nitrogen and oxygen atoms in total. The van der Waals surface area contributed by atoms with Crippen molar-refractivity contribution in [1.82, 2.24) is 0 Å². The van der Waals surface area contributed by atoms with E-state index in [9.17, 15) is 19.7 Å². The Kier molecular flexibility index (Phi) is 4.84. The van der Waals surface area contributed by atoms with Gasteiger partial charge in [0.25, 0.3) is 5.91 Å². The fourth-order valence-corrected chi connectivity index (χ4v) is 4.06. The van der Waals surface area contributed by atoms with Crippen LogP contribution in [0.15, 0.2) is 16.5 Å². The number of esters is 1. The van der Waals surface area contributed by atoms with Gasteiger partial charge in [-0.2, -0.15) is 0 Å². The quantitative estimate of drug-likeness (QED) is 0.493. The van der Waals surface area contributed by atoms with Gasteiger partial charge in [0.1, 0.15) is 9.92 Å². The van der Waals surface area contributed by atoms with E-state index in [1.165, 1.54) is 17.4 Å².